The van der Waals surface area contributed by atoms with Gasteiger partial charge in [-0.05, 0) is 44.4 Å². The van der Waals surface area contributed by atoms with Crippen molar-refractivity contribution in [2.75, 3.05) is 44.4 Å². The molecule has 1 aliphatic heterocycles. The average Bonchev–Trinajstić information content (AvgIpc) is 3.11. The molecule has 1 fully saturated rings. The third-order valence-corrected chi connectivity index (χ3v) is 5.86. The summed E-state index contributed by atoms with van der Waals surface area (Å²) in [6, 6.07) is 0. The third-order valence-electron chi connectivity index (χ3n) is 3.90. The quantitative estimate of drug-likeness (QED) is 0.937. The van der Waals surface area contributed by atoms with Crippen molar-refractivity contribution in [2.45, 2.75) is 13.3 Å². The van der Waals surface area contributed by atoms with Gasteiger partial charge in [0.25, 0.3) is 0 Å². The Bertz CT molecular complexity index is 621. The first kappa shape index (κ1) is 14.7. The number of hydrogen-bond acceptors (Lipinski definition) is 7. The molecule has 114 valence electrons. The zero-order valence-electron chi connectivity index (χ0n) is 12.7. The predicted octanol–water partition coefficient (Wildman–Crippen LogP) is 2.55. The van der Waals surface area contributed by atoms with E-state index in [9.17, 15) is 0 Å². The van der Waals surface area contributed by atoms with E-state index >= 15 is 0 Å². The summed E-state index contributed by atoms with van der Waals surface area (Å²) in [5.74, 6) is 1.31. The zero-order chi connectivity index (χ0) is 15.0. The van der Waals surface area contributed by atoms with Crippen LogP contribution in [0.5, 0.6) is 0 Å². The van der Waals surface area contributed by atoms with Crippen molar-refractivity contribution in [3.63, 3.8) is 0 Å². The van der Waals surface area contributed by atoms with E-state index in [0.717, 1.165) is 27.8 Å². The van der Waals surface area contributed by atoms with E-state index in [1.165, 1.54) is 31.0 Å². The average molecular weight is 323 g/mol. The summed E-state index contributed by atoms with van der Waals surface area (Å²) in [7, 11) is 4.32. The van der Waals surface area contributed by atoms with Gasteiger partial charge in [-0.2, -0.15) is 4.37 Å². The van der Waals surface area contributed by atoms with Crippen LogP contribution in [0.25, 0.3) is 10.6 Å². The highest BCUT2D eigenvalue weighted by atomic mass is 32.1. The summed E-state index contributed by atoms with van der Waals surface area (Å²) in [5.41, 5.74) is 8.12. The number of nitrogen functional groups attached to an aromatic ring is 1. The standard InChI is InChI=1S/C14H21N5S2/c1-9-8-20-13(16-9)11-12(15)17-21-14(11)19(3)7-10-4-5-18(2)6-10/h8,10H,4-7H2,1-3H3,(H2,15,17). The molecular weight excluding hydrogens is 302 g/mol. The first-order valence-corrected chi connectivity index (χ1v) is 8.77. The van der Waals surface area contributed by atoms with Gasteiger partial charge in [0.1, 0.15) is 15.8 Å². The number of aryl methyl sites for hydroxylation is 1. The lowest BCUT2D eigenvalue weighted by Gasteiger charge is -2.22. The van der Waals surface area contributed by atoms with Crippen LogP contribution in [-0.2, 0) is 0 Å². The van der Waals surface area contributed by atoms with Gasteiger partial charge < -0.3 is 15.5 Å². The van der Waals surface area contributed by atoms with E-state index in [1.54, 1.807) is 11.3 Å². The summed E-state index contributed by atoms with van der Waals surface area (Å²) in [6.45, 7) is 5.42. The second kappa shape index (κ2) is 5.90. The topological polar surface area (TPSA) is 58.3 Å². The monoisotopic (exact) mass is 323 g/mol. The van der Waals surface area contributed by atoms with Crippen molar-refractivity contribution in [3.05, 3.63) is 11.1 Å². The van der Waals surface area contributed by atoms with Crippen LogP contribution in [0.4, 0.5) is 10.8 Å². The van der Waals surface area contributed by atoms with Crippen molar-refractivity contribution >= 4 is 33.7 Å². The third kappa shape index (κ3) is 3.04. The van der Waals surface area contributed by atoms with Gasteiger partial charge in [-0.25, -0.2) is 4.98 Å². The molecule has 0 spiro atoms. The lowest BCUT2D eigenvalue weighted by Crippen LogP contribution is -2.26. The van der Waals surface area contributed by atoms with Gasteiger partial charge >= 0.3 is 0 Å². The Kier molecular flexibility index (Phi) is 4.14. The molecule has 7 heteroatoms. The van der Waals surface area contributed by atoms with E-state index in [-0.39, 0.29) is 0 Å². The molecule has 0 saturated carbocycles. The van der Waals surface area contributed by atoms with Crippen LogP contribution in [0.15, 0.2) is 5.38 Å². The van der Waals surface area contributed by atoms with Crippen molar-refractivity contribution < 1.29 is 0 Å². The summed E-state index contributed by atoms with van der Waals surface area (Å²) < 4.78 is 4.35. The smallest absolute Gasteiger partial charge is 0.149 e. The van der Waals surface area contributed by atoms with Crippen LogP contribution < -0.4 is 10.6 Å². The van der Waals surface area contributed by atoms with Crippen LogP contribution in [0, 0.1) is 12.8 Å². The Labute approximate surface area is 133 Å². The van der Waals surface area contributed by atoms with E-state index in [0.29, 0.717) is 11.7 Å². The van der Waals surface area contributed by atoms with Crippen molar-refractivity contribution in [1.82, 2.24) is 14.3 Å². The number of hydrogen-bond donors (Lipinski definition) is 1. The minimum atomic E-state index is 0.597. The summed E-state index contributed by atoms with van der Waals surface area (Å²) >= 11 is 3.11. The van der Waals surface area contributed by atoms with Gasteiger partial charge in [-0.15, -0.1) is 11.3 Å². The van der Waals surface area contributed by atoms with E-state index in [4.69, 9.17) is 5.73 Å². The molecular formula is C14H21N5S2. The molecule has 3 heterocycles. The molecule has 2 aromatic heterocycles. The zero-order valence-corrected chi connectivity index (χ0v) is 14.3. The number of rotatable bonds is 4. The number of aromatic nitrogens is 2. The largest absolute Gasteiger partial charge is 0.382 e. The fourth-order valence-corrected chi connectivity index (χ4v) is 4.57. The molecule has 0 amide bonds. The molecule has 0 aliphatic carbocycles. The van der Waals surface area contributed by atoms with Crippen LogP contribution in [0.2, 0.25) is 0 Å². The SMILES string of the molecule is Cc1csc(-c2c(N)nsc2N(C)CC2CCN(C)C2)n1. The predicted molar refractivity (Wildman–Crippen MR) is 91.2 cm³/mol. The van der Waals surface area contributed by atoms with Crippen LogP contribution in [0.3, 0.4) is 0 Å². The molecule has 21 heavy (non-hydrogen) atoms. The van der Waals surface area contributed by atoms with E-state index < -0.39 is 0 Å². The summed E-state index contributed by atoms with van der Waals surface area (Å²) in [6.07, 6.45) is 1.26. The Hall–Kier alpha value is -1.18. The van der Waals surface area contributed by atoms with Crippen molar-refractivity contribution in [1.29, 1.82) is 0 Å². The first-order valence-electron chi connectivity index (χ1n) is 7.12. The maximum Gasteiger partial charge on any atom is 0.149 e. The highest BCUT2D eigenvalue weighted by Gasteiger charge is 2.24. The molecule has 3 rings (SSSR count). The summed E-state index contributed by atoms with van der Waals surface area (Å²) in [4.78, 5) is 9.26. The molecule has 1 aliphatic rings. The minimum Gasteiger partial charge on any atom is -0.382 e. The second-order valence-electron chi connectivity index (χ2n) is 5.84. The van der Waals surface area contributed by atoms with Crippen LogP contribution in [0.1, 0.15) is 12.1 Å². The Morgan fingerprint density at radius 2 is 2.33 bits per heavy atom. The molecule has 0 aromatic carbocycles. The lowest BCUT2D eigenvalue weighted by molar-refractivity contribution is 0.396. The Morgan fingerprint density at radius 3 is 2.95 bits per heavy atom. The minimum absolute atomic E-state index is 0.597. The van der Waals surface area contributed by atoms with Crippen molar-refractivity contribution in [2.24, 2.45) is 5.92 Å². The van der Waals surface area contributed by atoms with Gasteiger partial charge in [-0.3, -0.25) is 0 Å². The Balaban J connectivity index is 1.82. The number of likely N-dealkylation sites (tertiary alicyclic amines) is 1. The molecule has 1 unspecified atom stereocenters. The lowest BCUT2D eigenvalue weighted by atomic mass is 10.1. The van der Waals surface area contributed by atoms with Crippen LogP contribution >= 0.6 is 22.9 Å². The fourth-order valence-electron chi connectivity index (χ4n) is 2.87. The Morgan fingerprint density at radius 1 is 1.52 bits per heavy atom. The van der Waals surface area contributed by atoms with E-state index in [1.807, 2.05) is 6.92 Å². The van der Waals surface area contributed by atoms with Gasteiger partial charge in [0.15, 0.2) is 0 Å². The fraction of sp³-hybridized carbons (Fsp3) is 0.571. The molecule has 0 bridgehead atoms. The van der Waals surface area contributed by atoms with Gasteiger partial charge in [0.2, 0.25) is 0 Å². The first-order chi connectivity index (χ1) is 10.0. The molecule has 1 saturated heterocycles. The van der Waals surface area contributed by atoms with Crippen molar-refractivity contribution in [3.8, 4) is 10.6 Å². The van der Waals surface area contributed by atoms with E-state index in [2.05, 4.69) is 38.6 Å². The van der Waals surface area contributed by atoms with Gasteiger partial charge in [0, 0.05) is 31.2 Å². The molecule has 2 aromatic rings. The maximum absolute atomic E-state index is 6.08. The van der Waals surface area contributed by atoms with Gasteiger partial charge in [-0.1, -0.05) is 0 Å². The summed E-state index contributed by atoms with van der Waals surface area (Å²) in [5, 5.41) is 4.17. The number of thiazole rings is 1. The molecule has 2 N–H and O–H groups in total. The van der Waals surface area contributed by atoms with Gasteiger partial charge in [0.05, 0.1) is 5.56 Å². The number of anilines is 2. The molecule has 5 nitrogen and oxygen atoms in total. The highest BCUT2D eigenvalue weighted by Crippen LogP contribution is 2.40. The number of nitrogens with zero attached hydrogens (tertiary/aromatic N) is 4. The molecule has 1 atom stereocenters. The maximum atomic E-state index is 6.08. The second-order valence-corrected chi connectivity index (χ2v) is 7.45. The number of nitrogens with two attached hydrogens (primary N) is 1. The van der Waals surface area contributed by atoms with Crippen LogP contribution in [-0.4, -0.2) is 48.0 Å². The molecule has 0 radical (unpaired) electrons. The highest BCUT2D eigenvalue weighted by molar-refractivity contribution is 7.15. The normalized spacial score (nSPS) is 19.3.